The van der Waals surface area contributed by atoms with Gasteiger partial charge in [0.05, 0.1) is 16.9 Å². The van der Waals surface area contributed by atoms with Gasteiger partial charge in [0.15, 0.2) is 0 Å². The number of phenols is 1. The largest absolute Gasteiger partial charge is 0.507 e. The van der Waals surface area contributed by atoms with Gasteiger partial charge in [-0.3, -0.25) is 4.55 Å². The van der Waals surface area contributed by atoms with Crippen LogP contribution < -0.4 is 5.32 Å². The van der Waals surface area contributed by atoms with Crippen LogP contribution in [0.4, 0.5) is 11.4 Å². The number of fused-ring (bicyclic) bond motifs is 1. The highest BCUT2D eigenvalue weighted by Gasteiger charge is 2.13. The lowest BCUT2D eigenvalue weighted by atomic mass is 10.0. The van der Waals surface area contributed by atoms with E-state index in [1.54, 1.807) is 37.3 Å². The van der Waals surface area contributed by atoms with Gasteiger partial charge in [0, 0.05) is 27.2 Å². The Kier molecular flexibility index (Phi) is 5.56. The van der Waals surface area contributed by atoms with Gasteiger partial charge in [-0.05, 0) is 48.7 Å². The van der Waals surface area contributed by atoms with Gasteiger partial charge in [0.25, 0.3) is 10.1 Å². The van der Waals surface area contributed by atoms with Crippen molar-refractivity contribution in [2.24, 2.45) is 0 Å². The fraction of sp³-hybridized carbons (Fsp3) is 0.0588. The summed E-state index contributed by atoms with van der Waals surface area (Å²) in [5.74, 6) is 0.0341. The molecule has 0 fully saturated rings. The van der Waals surface area contributed by atoms with Crippen LogP contribution in [-0.4, -0.2) is 23.3 Å². The maximum Gasteiger partial charge on any atom is 0.294 e. The number of phenolic OH excluding ortho intramolecular Hbond substituents is 1. The molecule has 0 spiro atoms. The van der Waals surface area contributed by atoms with Crippen molar-refractivity contribution in [3.63, 3.8) is 0 Å². The van der Waals surface area contributed by atoms with Crippen LogP contribution in [0.2, 0.25) is 0 Å². The Bertz CT molecular complexity index is 1100. The number of aromatic hydroxyl groups is 1. The van der Waals surface area contributed by atoms with E-state index >= 15 is 0 Å². The average molecular weight is 409 g/mol. The average Bonchev–Trinajstić information content (AvgIpc) is 2.63. The number of anilines is 2. The second kappa shape index (κ2) is 7.72. The SMILES string of the molecule is Cc1c(SOOO)cc2ccc(Nc3cccc(S(=O)(=O)O)c3)cc2c1O. The van der Waals surface area contributed by atoms with Gasteiger partial charge in [-0.15, -0.1) is 4.33 Å². The lowest BCUT2D eigenvalue weighted by Gasteiger charge is -2.12. The van der Waals surface area contributed by atoms with Gasteiger partial charge >= 0.3 is 0 Å². The van der Waals surface area contributed by atoms with Crippen LogP contribution in [0.3, 0.4) is 0 Å². The fourth-order valence-corrected chi connectivity index (χ4v) is 3.60. The van der Waals surface area contributed by atoms with E-state index in [0.29, 0.717) is 27.2 Å². The third-order valence-corrected chi connectivity index (χ3v) is 5.48. The summed E-state index contributed by atoms with van der Waals surface area (Å²) in [5.41, 5.74) is 1.61. The predicted molar refractivity (Wildman–Crippen MR) is 101 cm³/mol. The minimum absolute atomic E-state index is 0.0341. The first kappa shape index (κ1) is 19.4. The van der Waals surface area contributed by atoms with Gasteiger partial charge in [-0.1, -0.05) is 17.2 Å². The first-order valence-electron chi connectivity index (χ1n) is 7.55. The van der Waals surface area contributed by atoms with Crippen molar-refractivity contribution < 1.29 is 32.7 Å². The molecule has 27 heavy (non-hydrogen) atoms. The minimum atomic E-state index is -4.30. The number of hydrogen-bond acceptors (Lipinski definition) is 8. The summed E-state index contributed by atoms with van der Waals surface area (Å²) < 4.78 is 36.1. The molecule has 0 aliphatic heterocycles. The van der Waals surface area contributed by atoms with E-state index in [0.717, 1.165) is 17.4 Å². The molecule has 10 heteroatoms. The number of rotatable bonds is 6. The summed E-state index contributed by atoms with van der Waals surface area (Å²) in [7, 11) is -4.30. The maximum absolute atomic E-state index is 11.3. The lowest BCUT2D eigenvalue weighted by molar-refractivity contribution is -0.432. The van der Waals surface area contributed by atoms with E-state index in [2.05, 4.69) is 14.7 Å². The Labute approximate surface area is 159 Å². The van der Waals surface area contributed by atoms with E-state index in [9.17, 15) is 13.5 Å². The number of benzene rings is 3. The topological polar surface area (TPSA) is 125 Å². The van der Waals surface area contributed by atoms with E-state index in [-0.39, 0.29) is 10.6 Å². The van der Waals surface area contributed by atoms with Crippen molar-refractivity contribution in [3.8, 4) is 5.75 Å². The molecule has 0 saturated carbocycles. The molecule has 0 aliphatic carbocycles. The summed E-state index contributed by atoms with van der Waals surface area (Å²) in [4.78, 5) is 0.343. The first-order valence-corrected chi connectivity index (χ1v) is 9.73. The second-order valence-electron chi connectivity index (χ2n) is 5.64. The smallest absolute Gasteiger partial charge is 0.294 e. The molecular formula is C17H15NO7S2. The number of hydrogen-bond donors (Lipinski definition) is 4. The summed E-state index contributed by atoms with van der Waals surface area (Å²) in [6.45, 7) is 1.69. The molecule has 3 aromatic carbocycles. The molecule has 142 valence electrons. The Morgan fingerprint density at radius 2 is 1.81 bits per heavy atom. The van der Waals surface area contributed by atoms with E-state index in [1.807, 2.05) is 0 Å². The highest BCUT2D eigenvalue weighted by atomic mass is 32.2. The van der Waals surface area contributed by atoms with Gasteiger partial charge in [0.1, 0.15) is 5.75 Å². The van der Waals surface area contributed by atoms with Crippen LogP contribution in [0.25, 0.3) is 10.8 Å². The quantitative estimate of drug-likeness (QED) is 0.204. The van der Waals surface area contributed by atoms with E-state index in [4.69, 9.17) is 9.81 Å². The van der Waals surface area contributed by atoms with Crippen LogP contribution in [-0.2, 0) is 19.5 Å². The maximum atomic E-state index is 11.3. The van der Waals surface area contributed by atoms with E-state index in [1.165, 1.54) is 18.2 Å². The van der Waals surface area contributed by atoms with Gasteiger partial charge in [0.2, 0.25) is 0 Å². The van der Waals surface area contributed by atoms with Crippen molar-refractivity contribution in [3.05, 3.63) is 54.1 Å². The standard InChI is InChI=1S/C17H15NO7S2/c1-10-16(26-25-24-20)7-11-5-6-13(9-15(11)17(10)19)18-12-3-2-4-14(8-12)27(21,22)23/h2-9,18-20H,1H3,(H,21,22,23). The zero-order valence-corrected chi connectivity index (χ0v) is 15.5. The number of nitrogens with one attached hydrogen (secondary N) is 1. The predicted octanol–water partition coefficient (Wildman–Crippen LogP) is 4.27. The van der Waals surface area contributed by atoms with Crippen LogP contribution in [0.15, 0.2) is 58.3 Å². The molecule has 0 atom stereocenters. The van der Waals surface area contributed by atoms with Crippen LogP contribution in [0.1, 0.15) is 5.56 Å². The summed E-state index contributed by atoms with van der Waals surface area (Å²) in [6.07, 6.45) is 0. The summed E-state index contributed by atoms with van der Waals surface area (Å²) >= 11 is 0.758. The molecule has 8 nitrogen and oxygen atoms in total. The lowest BCUT2D eigenvalue weighted by Crippen LogP contribution is -1.99. The molecule has 4 N–H and O–H groups in total. The van der Waals surface area contributed by atoms with Gasteiger partial charge in [-0.2, -0.15) is 8.42 Å². The van der Waals surface area contributed by atoms with Crippen LogP contribution in [0.5, 0.6) is 5.75 Å². The highest BCUT2D eigenvalue weighted by molar-refractivity contribution is 7.94. The summed E-state index contributed by atoms with van der Waals surface area (Å²) in [6, 6.07) is 12.7. The molecule has 0 bridgehead atoms. The Morgan fingerprint density at radius 1 is 1.07 bits per heavy atom. The molecule has 0 aromatic heterocycles. The van der Waals surface area contributed by atoms with Crippen molar-refractivity contribution in [2.75, 3.05) is 5.32 Å². The monoisotopic (exact) mass is 409 g/mol. The van der Waals surface area contributed by atoms with Crippen molar-refractivity contribution in [1.29, 1.82) is 0 Å². The van der Waals surface area contributed by atoms with Crippen LogP contribution in [0, 0.1) is 6.92 Å². The molecule has 0 unspecified atom stereocenters. The third kappa shape index (κ3) is 4.33. The normalized spacial score (nSPS) is 11.7. The third-order valence-electron chi connectivity index (χ3n) is 3.89. The van der Waals surface area contributed by atoms with Crippen molar-refractivity contribution >= 4 is 44.3 Å². The molecule has 0 aliphatic rings. The van der Waals surface area contributed by atoms with Crippen molar-refractivity contribution in [1.82, 2.24) is 0 Å². The molecule has 0 saturated heterocycles. The zero-order valence-electron chi connectivity index (χ0n) is 13.9. The Hall–Kier alpha value is -2.34. The molecular weight excluding hydrogens is 394 g/mol. The van der Waals surface area contributed by atoms with Gasteiger partial charge in [-0.25, -0.2) is 5.26 Å². The molecule has 0 radical (unpaired) electrons. The molecule has 0 amide bonds. The minimum Gasteiger partial charge on any atom is -0.507 e. The second-order valence-corrected chi connectivity index (χ2v) is 7.80. The van der Waals surface area contributed by atoms with Gasteiger partial charge < -0.3 is 10.4 Å². The molecule has 3 rings (SSSR count). The zero-order chi connectivity index (χ0) is 19.6. The fourth-order valence-electron chi connectivity index (χ4n) is 2.57. The first-order chi connectivity index (χ1) is 12.8. The Morgan fingerprint density at radius 3 is 2.52 bits per heavy atom. The summed E-state index contributed by atoms with van der Waals surface area (Å²) in [5, 5.41) is 26.7. The highest BCUT2D eigenvalue weighted by Crippen LogP contribution is 2.38. The van der Waals surface area contributed by atoms with Crippen LogP contribution >= 0.6 is 12.0 Å². The van der Waals surface area contributed by atoms with E-state index < -0.39 is 10.1 Å². The Balaban J connectivity index is 1.96. The van der Waals surface area contributed by atoms with Crippen molar-refractivity contribution in [2.45, 2.75) is 16.7 Å². The molecule has 0 heterocycles. The molecule has 3 aromatic rings.